The van der Waals surface area contributed by atoms with E-state index in [0.29, 0.717) is 19.3 Å². The Bertz CT molecular complexity index is 429. The molecule has 0 fully saturated rings. The molecule has 0 rings (SSSR count). The Kier molecular flexibility index (Phi) is 27.5. The summed E-state index contributed by atoms with van der Waals surface area (Å²) in [6, 6.07) is 0.307. The summed E-state index contributed by atoms with van der Waals surface area (Å²) in [6.07, 6.45) is 27.9. The fourth-order valence-corrected chi connectivity index (χ4v) is 4.83. The summed E-state index contributed by atoms with van der Waals surface area (Å²) in [6.45, 7) is 8.87. The number of amides is 1. The molecule has 4 heteroatoms. The summed E-state index contributed by atoms with van der Waals surface area (Å²) in [7, 11) is 1.66. The highest BCUT2D eigenvalue weighted by molar-refractivity contribution is 5.77. The number of nitrogens with zero attached hydrogens (tertiary/aromatic N) is 1. The molecule has 0 bridgehead atoms. The highest BCUT2D eigenvalue weighted by Crippen LogP contribution is 2.16. The number of hydrogen-bond donors (Lipinski definition) is 0. The van der Waals surface area contributed by atoms with Gasteiger partial charge >= 0.3 is 0 Å². The van der Waals surface area contributed by atoms with Gasteiger partial charge in [0, 0.05) is 19.7 Å². The number of carbonyl (C=O) groups excluding carboxylic acids is 1. The van der Waals surface area contributed by atoms with E-state index >= 15 is 0 Å². The first kappa shape index (κ1) is 34.4. The van der Waals surface area contributed by atoms with Crippen molar-refractivity contribution in [2.24, 2.45) is 0 Å². The van der Waals surface area contributed by atoms with Crippen LogP contribution in [0.2, 0.25) is 0 Å². The second-order valence-electron chi connectivity index (χ2n) is 10.6. The molecule has 35 heavy (non-hydrogen) atoms. The van der Waals surface area contributed by atoms with Crippen LogP contribution in [0.4, 0.5) is 0 Å². The zero-order valence-electron chi connectivity index (χ0n) is 24.4. The SMILES string of the molecule is CCCCCCCCCCCCCCN(C(=O)COCCOC)C(C)CCCCCCCCCC. The Balaban J connectivity index is 4.09. The fraction of sp³-hybridized carbons (Fsp3) is 0.968. The molecule has 0 spiro atoms. The van der Waals surface area contributed by atoms with Gasteiger partial charge in [-0.25, -0.2) is 0 Å². The number of ether oxygens (including phenoxy) is 2. The van der Waals surface area contributed by atoms with Gasteiger partial charge in [0.15, 0.2) is 0 Å². The Morgan fingerprint density at radius 1 is 0.629 bits per heavy atom. The van der Waals surface area contributed by atoms with E-state index in [0.717, 1.165) is 19.4 Å². The Hall–Kier alpha value is -0.610. The van der Waals surface area contributed by atoms with Gasteiger partial charge in [-0.3, -0.25) is 4.79 Å². The van der Waals surface area contributed by atoms with Gasteiger partial charge in [0.05, 0.1) is 13.2 Å². The highest BCUT2D eigenvalue weighted by Gasteiger charge is 2.19. The molecule has 210 valence electrons. The minimum Gasteiger partial charge on any atom is -0.382 e. The van der Waals surface area contributed by atoms with Crippen molar-refractivity contribution in [1.82, 2.24) is 4.90 Å². The van der Waals surface area contributed by atoms with Gasteiger partial charge in [0.25, 0.3) is 0 Å². The van der Waals surface area contributed by atoms with Gasteiger partial charge < -0.3 is 14.4 Å². The zero-order valence-corrected chi connectivity index (χ0v) is 24.4. The molecule has 4 nitrogen and oxygen atoms in total. The monoisotopic (exact) mass is 497 g/mol. The van der Waals surface area contributed by atoms with Crippen LogP contribution in [0.5, 0.6) is 0 Å². The number of unbranched alkanes of at least 4 members (excludes halogenated alkanes) is 18. The normalized spacial score (nSPS) is 12.2. The average Bonchev–Trinajstić information content (AvgIpc) is 2.86. The molecule has 1 amide bonds. The summed E-state index contributed by atoms with van der Waals surface area (Å²) in [4.78, 5) is 15.0. The summed E-state index contributed by atoms with van der Waals surface area (Å²) < 4.78 is 10.6. The Morgan fingerprint density at radius 2 is 1.06 bits per heavy atom. The molecule has 0 radical (unpaired) electrons. The van der Waals surface area contributed by atoms with Crippen molar-refractivity contribution < 1.29 is 14.3 Å². The first-order chi connectivity index (χ1) is 17.2. The van der Waals surface area contributed by atoms with Crippen molar-refractivity contribution in [1.29, 1.82) is 0 Å². The van der Waals surface area contributed by atoms with E-state index in [-0.39, 0.29) is 12.5 Å². The summed E-state index contributed by atoms with van der Waals surface area (Å²) in [5, 5.41) is 0. The zero-order chi connectivity index (χ0) is 25.8. The molecule has 0 aromatic carbocycles. The lowest BCUT2D eigenvalue weighted by Crippen LogP contribution is -2.41. The molecule has 0 N–H and O–H groups in total. The molecule has 1 unspecified atom stereocenters. The van der Waals surface area contributed by atoms with Gasteiger partial charge in [-0.05, 0) is 19.8 Å². The fourth-order valence-electron chi connectivity index (χ4n) is 4.83. The predicted molar refractivity (Wildman–Crippen MR) is 152 cm³/mol. The van der Waals surface area contributed by atoms with Crippen LogP contribution in [0.3, 0.4) is 0 Å². The van der Waals surface area contributed by atoms with E-state index in [9.17, 15) is 4.79 Å². The quantitative estimate of drug-likeness (QED) is 0.101. The van der Waals surface area contributed by atoms with Crippen LogP contribution >= 0.6 is 0 Å². The van der Waals surface area contributed by atoms with E-state index in [1.807, 2.05) is 0 Å². The molecule has 0 aliphatic rings. The van der Waals surface area contributed by atoms with Crippen molar-refractivity contribution in [3.8, 4) is 0 Å². The van der Waals surface area contributed by atoms with Crippen LogP contribution in [-0.2, 0) is 14.3 Å². The van der Waals surface area contributed by atoms with Crippen LogP contribution in [0.1, 0.15) is 156 Å². The Labute approximate surface area is 220 Å². The molecule has 0 aromatic heterocycles. The van der Waals surface area contributed by atoms with E-state index in [4.69, 9.17) is 9.47 Å². The lowest BCUT2D eigenvalue weighted by atomic mass is 10.0. The second-order valence-corrected chi connectivity index (χ2v) is 10.6. The first-order valence-electron chi connectivity index (χ1n) is 15.5. The van der Waals surface area contributed by atoms with Crippen molar-refractivity contribution in [3.05, 3.63) is 0 Å². The smallest absolute Gasteiger partial charge is 0.248 e. The number of methoxy groups -OCH3 is 1. The predicted octanol–water partition coefficient (Wildman–Crippen LogP) is 9.10. The number of hydrogen-bond acceptors (Lipinski definition) is 3. The highest BCUT2D eigenvalue weighted by atomic mass is 16.5. The van der Waals surface area contributed by atoms with Crippen molar-refractivity contribution in [3.63, 3.8) is 0 Å². The minimum atomic E-state index is 0.149. The second kappa shape index (κ2) is 28.0. The van der Waals surface area contributed by atoms with Gasteiger partial charge in [-0.15, -0.1) is 0 Å². The number of rotatable bonds is 28. The molecular formula is C31H63NO3. The summed E-state index contributed by atoms with van der Waals surface area (Å²) in [5.74, 6) is 0.149. The van der Waals surface area contributed by atoms with E-state index in [1.165, 1.54) is 122 Å². The maximum Gasteiger partial charge on any atom is 0.248 e. The van der Waals surface area contributed by atoms with Crippen molar-refractivity contribution >= 4 is 5.91 Å². The minimum absolute atomic E-state index is 0.149. The third kappa shape index (κ3) is 23.5. The maximum absolute atomic E-state index is 12.9. The topological polar surface area (TPSA) is 38.8 Å². The molecular weight excluding hydrogens is 434 g/mol. The molecule has 1 atom stereocenters. The van der Waals surface area contributed by atoms with Crippen LogP contribution in [0.15, 0.2) is 0 Å². The van der Waals surface area contributed by atoms with Crippen LogP contribution in [-0.4, -0.2) is 50.3 Å². The molecule has 0 aromatic rings. The van der Waals surface area contributed by atoms with Gasteiger partial charge in [0.2, 0.25) is 5.91 Å². The van der Waals surface area contributed by atoms with Gasteiger partial charge in [-0.2, -0.15) is 0 Å². The summed E-state index contributed by atoms with van der Waals surface area (Å²) in [5.41, 5.74) is 0. The standard InChI is InChI=1S/C31H63NO3/c1-5-7-9-11-13-15-16-17-18-20-22-24-26-32(31(33)29-35-28-27-34-4)30(3)25-23-21-19-14-12-10-8-6-2/h30H,5-29H2,1-4H3. The van der Waals surface area contributed by atoms with Crippen molar-refractivity contribution in [2.75, 3.05) is 33.5 Å². The molecule has 0 saturated heterocycles. The molecule has 0 aliphatic heterocycles. The van der Waals surface area contributed by atoms with E-state index < -0.39 is 0 Å². The lowest BCUT2D eigenvalue weighted by Gasteiger charge is -2.29. The van der Waals surface area contributed by atoms with E-state index in [1.54, 1.807) is 7.11 Å². The molecule has 0 heterocycles. The maximum atomic E-state index is 12.9. The van der Waals surface area contributed by atoms with E-state index in [2.05, 4.69) is 25.7 Å². The van der Waals surface area contributed by atoms with Crippen LogP contribution in [0, 0.1) is 0 Å². The average molecular weight is 498 g/mol. The van der Waals surface area contributed by atoms with Crippen LogP contribution < -0.4 is 0 Å². The largest absolute Gasteiger partial charge is 0.382 e. The molecule has 0 aliphatic carbocycles. The summed E-state index contributed by atoms with van der Waals surface area (Å²) >= 11 is 0. The number of carbonyl (C=O) groups is 1. The molecule has 0 saturated carbocycles. The van der Waals surface area contributed by atoms with Gasteiger partial charge in [-0.1, -0.05) is 136 Å². The van der Waals surface area contributed by atoms with Gasteiger partial charge in [0.1, 0.15) is 6.61 Å². The third-order valence-corrected chi connectivity index (χ3v) is 7.24. The van der Waals surface area contributed by atoms with Crippen LogP contribution in [0.25, 0.3) is 0 Å². The third-order valence-electron chi connectivity index (χ3n) is 7.24. The van der Waals surface area contributed by atoms with Crippen molar-refractivity contribution in [2.45, 2.75) is 162 Å². The lowest BCUT2D eigenvalue weighted by molar-refractivity contribution is -0.138. The first-order valence-corrected chi connectivity index (χ1v) is 15.5. The Morgan fingerprint density at radius 3 is 1.51 bits per heavy atom.